The maximum atomic E-state index is 13.1. The zero-order valence-electron chi connectivity index (χ0n) is 46.7. The van der Waals surface area contributed by atoms with Gasteiger partial charge in [-0.1, -0.05) is 104 Å². The van der Waals surface area contributed by atoms with Crippen LogP contribution in [0.3, 0.4) is 0 Å². The number of carbonyl (C=O) groups excluding carboxylic acids is 2. The number of aliphatic hydroxyl groups is 1. The third-order valence-electron chi connectivity index (χ3n) is 12.5. The number of hydrogen-bond acceptors (Lipinski definition) is 14. The molecule has 2 amide bonds. The minimum absolute atomic E-state index is 0. The largest absolute Gasteiger partial charge is 1.00 e. The molecular weight excluding hydrogens is 1000 g/mol. The molecule has 0 aromatic heterocycles. The summed E-state index contributed by atoms with van der Waals surface area (Å²) in [5, 5.41) is 14.2. The van der Waals surface area contributed by atoms with Gasteiger partial charge in [0.15, 0.2) is 24.2 Å². The first-order valence-corrected chi connectivity index (χ1v) is 25.9. The van der Waals surface area contributed by atoms with Crippen molar-refractivity contribution in [2.24, 2.45) is 0 Å². The van der Waals surface area contributed by atoms with Crippen molar-refractivity contribution >= 4 is 11.8 Å². The predicted molar refractivity (Wildman–Crippen MR) is 260 cm³/mol. The fourth-order valence-electron chi connectivity index (χ4n) is 8.62. The average molecular weight is 1090 g/mol. The maximum absolute atomic E-state index is 13.1. The molecule has 3 N–H and O–H groups in total. The van der Waals surface area contributed by atoms with Gasteiger partial charge in [-0.05, 0) is 53.4 Å². The van der Waals surface area contributed by atoms with Gasteiger partial charge >= 0.3 is 53.7 Å². The molecule has 4 aliphatic heterocycles. The number of halogens is 6. The minimum Gasteiger partial charge on any atom is -1.00 e. The van der Waals surface area contributed by atoms with Gasteiger partial charge in [-0.2, -0.15) is 26.3 Å². The number of rotatable bonds is 28. The minimum atomic E-state index is -5.10. The molecule has 4 rings (SSSR count). The number of nitrogens with one attached hydrogen (secondary N) is 2. The first kappa shape index (κ1) is 70.5. The van der Waals surface area contributed by atoms with Gasteiger partial charge in [0.05, 0.1) is 38.6 Å². The van der Waals surface area contributed by atoms with Crippen LogP contribution in [0.25, 0.3) is 0 Å². The van der Waals surface area contributed by atoms with Gasteiger partial charge in [0.1, 0.15) is 48.7 Å². The summed E-state index contributed by atoms with van der Waals surface area (Å²) in [6.07, 6.45) is 2.62. The molecule has 4 heterocycles. The molecule has 4 saturated heterocycles. The van der Waals surface area contributed by atoms with Crippen LogP contribution in [0.5, 0.6) is 0 Å². The number of aliphatic hydroxyl groups excluding tert-OH is 1. The normalized spacial score (nSPS) is 27.9. The van der Waals surface area contributed by atoms with Gasteiger partial charge in [-0.3, -0.25) is 9.59 Å². The Labute approximate surface area is 459 Å². The number of carbonyl (C=O) groups is 2. The summed E-state index contributed by atoms with van der Waals surface area (Å²) < 4.78 is 139. The van der Waals surface area contributed by atoms with E-state index in [1.54, 1.807) is 40.1 Å². The second-order valence-corrected chi connectivity index (χ2v) is 19.4. The van der Waals surface area contributed by atoms with E-state index in [2.05, 4.69) is 33.9 Å². The molecule has 430 valence electrons. The summed E-state index contributed by atoms with van der Waals surface area (Å²) in [6, 6.07) is -2.74. The Balaban J connectivity index is 0.00000121. The van der Waals surface area contributed by atoms with Gasteiger partial charge < -0.3 is 69.3 Å². The van der Waals surface area contributed by atoms with E-state index >= 15 is 0 Å². The summed E-state index contributed by atoms with van der Waals surface area (Å²) in [5.74, 6) is -6.36. The van der Waals surface area contributed by atoms with Crippen LogP contribution >= 0.6 is 0 Å². The van der Waals surface area contributed by atoms with E-state index in [-0.39, 0.29) is 70.1 Å². The van der Waals surface area contributed by atoms with E-state index < -0.39 is 97.0 Å². The molecule has 0 aromatic carbocycles. The van der Waals surface area contributed by atoms with Crippen LogP contribution in [-0.4, -0.2) is 162 Å². The molecule has 0 unspecified atom stereocenters. The summed E-state index contributed by atoms with van der Waals surface area (Å²) in [7, 11) is 3.48. The first-order chi connectivity index (χ1) is 34.4. The van der Waals surface area contributed by atoms with E-state index in [0.29, 0.717) is 12.5 Å². The second kappa shape index (κ2) is 35.9. The standard InChI is InChI=1S/C25H42F3NO7.C14H20F3NO6.C12H26O.Na.H/c1-6-8-9-10-11-12-17(31-5)13-15-32-21-19(29-23(30)25(26,27)28)22(33-14-7-2)35-18-16-34-24(3,4)36-20(18)21;1-4-5-21-11-8(18-12(20)14(15,16)17)9(19)10-7(23-11)6-22-13(2,3)24-10;1-4-6-7-8-9-11-12(13-3)10-5-2;;/h7,17-22H,2,6,8-16H2,1,3-5H3,(H,29,30);4,7-11,19H,1,5-6H2,2-3H3,(H,18,20);12H,4-11H2,1-3H3;;/q;;;+1;-1/t17-,18-,19-,20-,21-,22+;7-,8-,9-,10-,11+;12-;;/m110../s1. The van der Waals surface area contributed by atoms with Crippen molar-refractivity contribution in [3.05, 3.63) is 25.3 Å². The molecule has 12 atom stereocenters. The average Bonchev–Trinajstić information content (AvgIpc) is 3.32. The van der Waals surface area contributed by atoms with Crippen LogP contribution in [0, 0.1) is 0 Å². The zero-order chi connectivity index (χ0) is 54.8. The van der Waals surface area contributed by atoms with Crippen molar-refractivity contribution in [2.45, 2.75) is 242 Å². The van der Waals surface area contributed by atoms with E-state index in [0.717, 1.165) is 19.3 Å². The Kier molecular flexibility index (Phi) is 34.2. The summed E-state index contributed by atoms with van der Waals surface area (Å²) in [4.78, 5) is 23.1. The monoisotopic (exact) mass is 1090 g/mol. The van der Waals surface area contributed by atoms with Crippen LogP contribution in [0.15, 0.2) is 25.3 Å². The van der Waals surface area contributed by atoms with Crippen LogP contribution < -0.4 is 40.2 Å². The number of alkyl halides is 6. The number of unbranched alkanes of at least 4 members (excludes halogenated alkanes) is 8. The summed E-state index contributed by atoms with van der Waals surface area (Å²) in [5.41, 5.74) is 0. The molecule has 0 aliphatic carbocycles. The van der Waals surface area contributed by atoms with Crippen molar-refractivity contribution in [1.82, 2.24) is 10.6 Å². The summed E-state index contributed by atoms with van der Waals surface area (Å²) >= 11 is 0. The van der Waals surface area contributed by atoms with Crippen molar-refractivity contribution < 1.29 is 124 Å². The van der Waals surface area contributed by atoms with Gasteiger partial charge in [0, 0.05) is 20.8 Å². The quantitative estimate of drug-likeness (QED) is 0.0359. The third-order valence-corrected chi connectivity index (χ3v) is 12.5. The summed E-state index contributed by atoms with van der Waals surface area (Å²) in [6.45, 7) is 20.6. The molecule has 23 heteroatoms. The number of fused-ring (bicyclic) bond motifs is 2. The van der Waals surface area contributed by atoms with E-state index in [1.807, 2.05) is 12.4 Å². The number of amides is 2. The smallest absolute Gasteiger partial charge is 1.00 e. The Morgan fingerprint density at radius 1 is 0.649 bits per heavy atom. The molecule has 74 heavy (non-hydrogen) atoms. The fraction of sp³-hybridized carbons (Fsp3) is 0.882. The first-order valence-electron chi connectivity index (χ1n) is 25.9. The number of ether oxygens (including phenoxy) is 11. The molecule has 0 spiro atoms. The van der Waals surface area contributed by atoms with Crippen LogP contribution in [0.4, 0.5) is 26.3 Å². The fourth-order valence-corrected chi connectivity index (χ4v) is 8.62. The molecular formula is C51H89F6N2NaO14. The molecule has 16 nitrogen and oxygen atoms in total. The molecule has 0 aromatic rings. The molecule has 0 saturated carbocycles. The van der Waals surface area contributed by atoms with Crippen molar-refractivity contribution in [1.29, 1.82) is 0 Å². The Morgan fingerprint density at radius 2 is 1.07 bits per heavy atom. The van der Waals surface area contributed by atoms with E-state index in [4.69, 9.17) is 52.1 Å². The van der Waals surface area contributed by atoms with E-state index in [9.17, 15) is 41.0 Å². The molecule has 4 aliphatic rings. The Morgan fingerprint density at radius 3 is 1.50 bits per heavy atom. The SMILES string of the molecule is C=CCO[C@H]1O[C@@H]2COC(C)(C)O[C@H]2[C@H](O)[C@H]1NC(=O)C(F)(F)F.C=CCO[C@H]1O[C@@H]2COC(C)(C)O[C@H]2[C@H](OCC[C@@H](CCCCCCC)OC)[C@H]1NC(=O)C(F)(F)F.CCCCCCC[C@H](CCC)OC.[H-].[Na+]. The van der Waals surface area contributed by atoms with Crippen molar-refractivity contribution in [3.63, 3.8) is 0 Å². The topological polar surface area (TPSA) is 180 Å². The van der Waals surface area contributed by atoms with E-state index in [1.165, 1.54) is 82.8 Å². The van der Waals surface area contributed by atoms with Crippen LogP contribution in [0.1, 0.15) is 146 Å². The molecule has 0 radical (unpaired) electrons. The maximum Gasteiger partial charge on any atom is 1.00 e. The van der Waals surface area contributed by atoms with Gasteiger partial charge in [0.2, 0.25) is 0 Å². The van der Waals surface area contributed by atoms with Crippen molar-refractivity contribution in [2.75, 3.05) is 47.3 Å². The number of methoxy groups -OCH3 is 2. The van der Waals surface area contributed by atoms with Crippen molar-refractivity contribution in [3.8, 4) is 0 Å². The Bertz CT molecular complexity index is 1580. The molecule has 4 fully saturated rings. The van der Waals surface area contributed by atoms with Gasteiger partial charge in [0.25, 0.3) is 0 Å². The molecule has 0 bridgehead atoms. The predicted octanol–water partition coefficient (Wildman–Crippen LogP) is 6.02. The second-order valence-electron chi connectivity index (χ2n) is 19.4. The van der Waals surface area contributed by atoms with Gasteiger partial charge in [-0.25, -0.2) is 0 Å². The Hall–Kier alpha value is -1.48. The van der Waals surface area contributed by atoms with Gasteiger partial charge in [-0.15, -0.1) is 13.2 Å². The third kappa shape index (κ3) is 25.5. The number of hydrogen-bond donors (Lipinski definition) is 3. The van der Waals surface area contributed by atoms with Crippen LogP contribution in [0.2, 0.25) is 0 Å². The van der Waals surface area contributed by atoms with Crippen LogP contribution in [-0.2, 0) is 61.7 Å². The zero-order valence-corrected chi connectivity index (χ0v) is 47.7.